The fourth-order valence-corrected chi connectivity index (χ4v) is 4.90. The van der Waals surface area contributed by atoms with Crippen molar-refractivity contribution in [3.05, 3.63) is 12.7 Å². The topological polar surface area (TPSA) is 26.3 Å². The number of hydrogen-bond donors (Lipinski definition) is 0. The Morgan fingerprint density at radius 3 is 1.59 bits per heavy atom. The van der Waals surface area contributed by atoms with Crippen LogP contribution in [-0.2, 0) is 9.53 Å². The Balaban J connectivity index is 3.17. The molecule has 0 spiro atoms. The van der Waals surface area contributed by atoms with Gasteiger partial charge in [-0.3, -0.25) is 0 Å². The molecule has 0 aliphatic carbocycles. The standard InChI is InChI=1S/C23H45ClO2Si/c1-5-23(25)26-22(2)20-18-16-14-12-10-8-6-7-9-11-13-15-17-19-21-27(3,4)24/h5,22H,1,6-21H2,2-4H3. The highest BCUT2D eigenvalue weighted by Gasteiger charge is 2.15. The first-order valence-corrected chi connectivity index (χ1v) is 15.6. The van der Waals surface area contributed by atoms with E-state index in [9.17, 15) is 4.79 Å². The maximum Gasteiger partial charge on any atom is 0.330 e. The molecule has 0 aromatic carbocycles. The summed E-state index contributed by atoms with van der Waals surface area (Å²) < 4.78 is 5.17. The fourth-order valence-electron chi connectivity index (χ4n) is 3.40. The van der Waals surface area contributed by atoms with E-state index in [0.717, 1.165) is 12.8 Å². The van der Waals surface area contributed by atoms with Gasteiger partial charge in [0.25, 0.3) is 0 Å². The molecule has 0 heterocycles. The van der Waals surface area contributed by atoms with Crippen molar-refractivity contribution in [1.29, 1.82) is 0 Å². The molecule has 0 amide bonds. The van der Waals surface area contributed by atoms with E-state index in [2.05, 4.69) is 19.7 Å². The van der Waals surface area contributed by atoms with Crippen LogP contribution in [0.25, 0.3) is 0 Å². The Hall–Kier alpha value is -0.283. The molecule has 0 N–H and O–H groups in total. The number of carbonyl (C=O) groups excluding carboxylic acids is 1. The van der Waals surface area contributed by atoms with E-state index in [1.165, 1.54) is 95.6 Å². The predicted octanol–water partition coefficient (Wildman–Crippen LogP) is 8.40. The molecule has 160 valence electrons. The highest BCUT2D eigenvalue weighted by atomic mass is 35.6. The summed E-state index contributed by atoms with van der Waals surface area (Å²) >= 11 is 6.35. The zero-order valence-corrected chi connectivity index (χ0v) is 20.1. The van der Waals surface area contributed by atoms with Gasteiger partial charge in [0.05, 0.1) is 6.10 Å². The van der Waals surface area contributed by atoms with Crippen LogP contribution in [-0.4, -0.2) is 19.5 Å². The van der Waals surface area contributed by atoms with Crippen LogP contribution < -0.4 is 0 Å². The minimum absolute atomic E-state index is 0.0181. The third-order valence-electron chi connectivity index (χ3n) is 5.12. The molecule has 0 aliphatic heterocycles. The van der Waals surface area contributed by atoms with Crippen molar-refractivity contribution in [2.75, 3.05) is 0 Å². The average Bonchev–Trinajstić information content (AvgIpc) is 2.60. The van der Waals surface area contributed by atoms with Gasteiger partial charge >= 0.3 is 5.97 Å². The van der Waals surface area contributed by atoms with Crippen LogP contribution in [0, 0.1) is 0 Å². The van der Waals surface area contributed by atoms with Gasteiger partial charge in [-0.2, -0.15) is 11.1 Å². The highest BCUT2D eigenvalue weighted by molar-refractivity contribution is 7.19. The van der Waals surface area contributed by atoms with Crippen LogP contribution in [0.3, 0.4) is 0 Å². The molecule has 27 heavy (non-hydrogen) atoms. The second-order valence-electron chi connectivity index (χ2n) is 8.66. The Morgan fingerprint density at radius 1 is 0.852 bits per heavy atom. The molecule has 0 saturated heterocycles. The molecule has 0 aromatic rings. The lowest BCUT2D eigenvalue weighted by molar-refractivity contribution is -0.142. The van der Waals surface area contributed by atoms with E-state index in [-0.39, 0.29) is 12.1 Å². The molecule has 1 unspecified atom stereocenters. The number of halogens is 1. The smallest absolute Gasteiger partial charge is 0.330 e. The van der Waals surface area contributed by atoms with Crippen molar-refractivity contribution in [2.45, 2.75) is 128 Å². The van der Waals surface area contributed by atoms with Gasteiger partial charge in [-0.25, -0.2) is 4.79 Å². The first-order valence-electron chi connectivity index (χ1n) is 11.4. The quantitative estimate of drug-likeness (QED) is 0.0694. The molecule has 4 heteroatoms. The molecular weight excluding hydrogens is 372 g/mol. The molecule has 0 fully saturated rings. The van der Waals surface area contributed by atoms with E-state index in [1.54, 1.807) is 0 Å². The van der Waals surface area contributed by atoms with Gasteiger partial charge in [0, 0.05) is 6.08 Å². The molecule has 0 saturated carbocycles. The minimum Gasteiger partial charge on any atom is -0.460 e. The molecule has 0 bridgehead atoms. The lowest BCUT2D eigenvalue weighted by atomic mass is 10.0. The van der Waals surface area contributed by atoms with Crippen LogP contribution >= 0.6 is 11.1 Å². The summed E-state index contributed by atoms with van der Waals surface area (Å²) in [4.78, 5) is 11.1. The van der Waals surface area contributed by atoms with Crippen molar-refractivity contribution < 1.29 is 9.53 Å². The lowest BCUT2D eigenvalue weighted by Gasteiger charge is -2.11. The molecular formula is C23H45ClO2Si. The summed E-state index contributed by atoms with van der Waals surface area (Å²) in [6.45, 7) is 9.88. The van der Waals surface area contributed by atoms with Gasteiger partial charge in [0.15, 0.2) is 0 Å². The van der Waals surface area contributed by atoms with Crippen LogP contribution in [0.2, 0.25) is 19.1 Å². The summed E-state index contributed by atoms with van der Waals surface area (Å²) in [6.07, 6.45) is 21.2. The van der Waals surface area contributed by atoms with E-state index in [4.69, 9.17) is 15.8 Å². The summed E-state index contributed by atoms with van der Waals surface area (Å²) in [7, 11) is -1.32. The zero-order valence-electron chi connectivity index (χ0n) is 18.4. The summed E-state index contributed by atoms with van der Waals surface area (Å²) in [5.74, 6) is -0.306. The molecule has 0 aliphatic rings. The summed E-state index contributed by atoms with van der Waals surface area (Å²) in [6, 6.07) is 1.27. The summed E-state index contributed by atoms with van der Waals surface area (Å²) in [5, 5.41) is 0. The first kappa shape index (κ1) is 26.7. The SMILES string of the molecule is C=CC(=O)OC(C)CCCCCCCCCCCCCCCC[Si](C)(C)Cl. The number of rotatable bonds is 19. The van der Waals surface area contributed by atoms with Gasteiger partial charge in [-0.05, 0) is 25.8 Å². The highest BCUT2D eigenvalue weighted by Crippen LogP contribution is 2.19. The van der Waals surface area contributed by atoms with E-state index >= 15 is 0 Å². The second kappa shape index (κ2) is 17.8. The van der Waals surface area contributed by atoms with Crippen molar-refractivity contribution in [2.24, 2.45) is 0 Å². The normalized spacial score (nSPS) is 12.7. The third-order valence-corrected chi connectivity index (χ3v) is 7.23. The van der Waals surface area contributed by atoms with Crippen LogP contribution in [0.1, 0.15) is 103 Å². The Morgan fingerprint density at radius 2 is 1.22 bits per heavy atom. The van der Waals surface area contributed by atoms with Crippen LogP contribution in [0.5, 0.6) is 0 Å². The number of esters is 1. The summed E-state index contributed by atoms with van der Waals surface area (Å²) in [5.41, 5.74) is 0. The first-order chi connectivity index (χ1) is 12.8. The van der Waals surface area contributed by atoms with Gasteiger partial charge in [-0.15, -0.1) is 0 Å². The van der Waals surface area contributed by atoms with Crippen molar-refractivity contribution in [1.82, 2.24) is 0 Å². The third kappa shape index (κ3) is 21.9. The molecule has 0 aromatic heterocycles. The number of carbonyl (C=O) groups is 1. The molecule has 0 radical (unpaired) electrons. The van der Waals surface area contributed by atoms with E-state index in [0.29, 0.717) is 0 Å². The largest absolute Gasteiger partial charge is 0.460 e. The second-order valence-corrected chi connectivity index (χ2v) is 15.7. The van der Waals surface area contributed by atoms with Crippen LogP contribution in [0.15, 0.2) is 12.7 Å². The average molecular weight is 417 g/mol. The van der Waals surface area contributed by atoms with E-state index in [1.807, 2.05) is 6.92 Å². The number of ether oxygens (including phenoxy) is 1. The zero-order chi connectivity index (χ0) is 20.4. The van der Waals surface area contributed by atoms with Gasteiger partial charge in [-0.1, -0.05) is 103 Å². The molecule has 2 nitrogen and oxygen atoms in total. The number of hydrogen-bond acceptors (Lipinski definition) is 2. The minimum atomic E-state index is -1.32. The van der Waals surface area contributed by atoms with Crippen molar-refractivity contribution in [3.8, 4) is 0 Å². The van der Waals surface area contributed by atoms with E-state index < -0.39 is 7.38 Å². The van der Waals surface area contributed by atoms with Crippen molar-refractivity contribution in [3.63, 3.8) is 0 Å². The van der Waals surface area contributed by atoms with Crippen molar-refractivity contribution >= 4 is 24.4 Å². The van der Waals surface area contributed by atoms with Crippen LogP contribution in [0.4, 0.5) is 0 Å². The Bertz CT molecular complexity index is 366. The predicted molar refractivity (Wildman–Crippen MR) is 123 cm³/mol. The van der Waals surface area contributed by atoms with Gasteiger partial charge in [0.2, 0.25) is 0 Å². The van der Waals surface area contributed by atoms with Gasteiger partial charge in [0.1, 0.15) is 7.38 Å². The molecule has 1 atom stereocenters. The molecule has 0 rings (SSSR count). The maximum atomic E-state index is 11.1. The van der Waals surface area contributed by atoms with Gasteiger partial charge < -0.3 is 4.74 Å². The Labute approximate surface area is 175 Å². The Kier molecular flexibility index (Phi) is 17.6. The maximum absolute atomic E-state index is 11.1. The fraction of sp³-hybridized carbons (Fsp3) is 0.870. The number of unbranched alkanes of at least 4 members (excludes halogenated alkanes) is 13. The monoisotopic (exact) mass is 416 g/mol. The lowest BCUT2D eigenvalue weighted by Crippen LogP contribution is -2.14.